The van der Waals surface area contributed by atoms with Crippen LogP contribution >= 0.6 is 0 Å². The number of amides is 2. The highest BCUT2D eigenvalue weighted by molar-refractivity contribution is 6.05. The Kier molecular flexibility index (Phi) is 6.65. The molecule has 7 nitrogen and oxygen atoms in total. The summed E-state index contributed by atoms with van der Waals surface area (Å²) in [4.78, 5) is 25.2. The zero-order chi connectivity index (χ0) is 25.9. The Hall–Kier alpha value is -4.78. The molecule has 0 heterocycles. The SMILES string of the molecule is CC(C)(c1ccc(C(=O)Nc2ccc(N)cc2)cc1)c1ccc(C(=O)Nc2cc(N)ccc2O)cc1. The van der Waals surface area contributed by atoms with Crippen molar-refractivity contribution in [3.05, 3.63) is 113 Å². The minimum Gasteiger partial charge on any atom is -0.506 e. The number of nitrogens with one attached hydrogen (secondary N) is 2. The van der Waals surface area contributed by atoms with Crippen molar-refractivity contribution in [2.75, 3.05) is 22.1 Å². The molecule has 4 aromatic rings. The molecule has 0 aromatic heterocycles. The maximum absolute atomic E-state index is 12.7. The maximum Gasteiger partial charge on any atom is 0.255 e. The molecule has 182 valence electrons. The highest BCUT2D eigenvalue weighted by Gasteiger charge is 2.24. The lowest BCUT2D eigenvalue weighted by molar-refractivity contribution is 0.101. The second-order valence-corrected chi connectivity index (χ2v) is 9.09. The third-order valence-corrected chi connectivity index (χ3v) is 6.17. The smallest absolute Gasteiger partial charge is 0.255 e. The standard InChI is InChI=1S/C29H28N4O3/c1-29(2,20-7-3-18(4-8-20)27(35)32-24-14-11-22(30)12-15-24)21-9-5-19(6-10-21)28(36)33-25-17-23(31)13-16-26(25)34/h3-17,34H,30-31H2,1-2H3,(H,32,35)(H,33,36). The van der Waals surface area contributed by atoms with E-state index in [1.165, 1.54) is 12.1 Å². The van der Waals surface area contributed by atoms with E-state index in [1.54, 1.807) is 54.6 Å². The summed E-state index contributed by atoms with van der Waals surface area (Å²) < 4.78 is 0. The van der Waals surface area contributed by atoms with Gasteiger partial charge in [-0.1, -0.05) is 38.1 Å². The summed E-state index contributed by atoms with van der Waals surface area (Å²) in [6, 6.07) is 26.2. The number of hydrogen-bond donors (Lipinski definition) is 5. The van der Waals surface area contributed by atoms with Gasteiger partial charge in [0.1, 0.15) is 5.75 Å². The molecule has 36 heavy (non-hydrogen) atoms. The number of phenols is 1. The van der Waals surface area contributed by atoms with Gasteiger partial charge >= 0.3 is 0 Å². The van der Waals surface area contributed by atoms with Crippen molar-refractivity contribution in [1.82, 2.24) is 0 Å². The molecule has 0 saturated heterocycles. The number of phenolic OH excluding ortho intramolecular Hbond substituents is 1. The summed E-state index contributed by atoms with van der Waals surface area (Å²) in [7, 11) is 0. The lowest BCUT2D eigenvalue weighted by atomic mass is 9.77. The van der Waals surface area contributed by atoms with Gasteiger partial charge in [0.15, 0.2) is 0 Å². The normalized spacial score (nSPS) is 11.1. The summed E-state index contributed by atoms with van der Waals surface area (Å²) in [6.07, 6.45) is 0. The van der Waals surface area contributed by atoms with Crippen LogP contribution in [-0.2, 0) is 5.41 Å². The lowest BCUT2D eigenvalue weighted by Gasteiger charge is -2.26. The van der Waals surface area contributed by atoms with Crippen LogP contribution in [0.2, 0.25) is 0 Å². The maximum atomic E-state index is 12.7. The fraction of sp³-hybridized carbons (Fsp3) is 0.103. The molecule has 0 radical (unpaired) electrons. The summed E-state index contributed by atoms with van der Waals surface area (Å²) in [5, 5.41) is 15.5. The van der Waals surface area contributed by atoms with Crippen LogP contribution in [0.3, 0.4) is 0 Å². The van der Waals surface area contributed by atoms with Gasteiger partial charge in [0.2, 0.25) is 0 Å². The fourth-order valence-electron chi connectivity index (χ4n) is 3.86. The van der Waals surface area contributed by atoms with E-state index in [1.807, 2.05) is 24.3 Å². The third kappa shape index (κ3) is 5.31. The number of nitrogens with two attached hydrogens (primary N) is 2. The zero-order valence-electron chi connectivity index (χ0n) is 20.1. The molecule has 7 heteroatoms. The van der Waals surface area contributed by atoms with Gasteiger partial charge in [0.25, 0.3) is 11.8 Å². The molecule has 0 aliphatic carbocycles. The molecule has 0 saturated carbocycles. The monoisotopic (exact) mass is 480 g/mol. The number of anilines is 4. The summed E-state index contributed by atoms with van der Waals surface area (Å²) in [5.41, 5.74) is 16.1. The van der Waals surface area contributed by atoms with Gasteiger partial charge in [-0.25, -0.2) is 0 Å². The Bertz CT molecular complexity index is 1390. The van der Waals surface area contributed by atoms with E-state index in [9.17, 15) is 14.7 Å². The van der Waals surface area contributed by atoms with Crippen LogP contribution in [0.5, 0.6) is 5.75 Å². The first kappa shape index (κ1) is 24.3. The fourth-order valence-corrected chi connectivity index (χ4v) is 3.86. The molecule has 0 spiro atoms. The Morgan fingerprint density at radius 1 is 0.667 bits per heavy atom. The Morgan fingerprint density at radius 2 is 1.14 bits per heavy atom. The highest BCUT2D eigenvalue weighted by Crippen LogP contribution is 2.32. The topological polar surface area (TPSA) is 130 Å². The summed E-state index contributed by atoms with van der Waals surface area (Å²) >= 11 is 0. The number of carbonyl (C=O) groups excluding carboxylic acids is 2. The number of benzene rings is 4. The van der Waals surface area contributed by atoms with Crippen LogP contribution in [-0.4, -0.2) is 16.9 Å². The number of nitrogen functional groups attached to an aromatic ring is 2. The predicted octanol–water partition coefficient (Wildman–Crippen LogP) is 5.39. The molecular formula is C29H28N4O3. The van der Waals surface area contributed by atoms with Crippen molar-refractivity contribution in [2.24, 2.45) is 0 Å². The van der Waals surface area contributed by atoms with E-state index in [4.69, 9.17) is 11.5 Å². The Morgan fingerprint density at radius 3 is 1.67 bits per heavy atom. The Balaban J connectivity index is 1.46. The first-order valence-corrected chi connectivity index (χ1v) is 11.4. The van der Waals surface area contributed by atoms with Crippen LogP contribution in [0.15, 0.2) is 91.0 Å². The van der Waals surface area contributed by atoms with Crippen LogP contribution in [0, 0.1) is 0 Å². The van der Waals surface area contributed by atoms with Crippen molar-refractivity contribution in [2.45, 2.75) is 19.3 Å². The van der Waals surface area contributed by atoms with Gasteiger partial charge in [-0.15, -0.1) is 0 Å². The minimum atomic E-state index is -0.368. The average molecular weight is 481 g/mol. The van der Waals surface area contributed by atoms with E-state index >= 15 is 0 Å². The molecule has 0 bridgehead atoms. The van der Waals surface area contributed by atoms with Crippen LogP contribution in [0.25, 0.3) is 0 Å². The number of hydrogen-bond acceptors (Lipinski definition) is 5. The molecule has 0 atom stereocenters. The lowest BCUT2D eigenvalue weighted by Crippen LogP contribution is -2.20. The largest absolute Gasteiger partial charge is 0.506 e. The minimum absolute atomic E-state index is 0.0547. The van der Waals surface area contributed by atoms with Gasteiger partial charge in [-0.2, -0.15) is 0 Å². The van der Waals surface area contributed by atoms with Gasteiger partial charge in [0.05, 0.1) is 5.69 Å². The number of carbonyl (C=O) groups is 2. The van der Waals surface area contributed by atoms with Crippen molar-refractivity contribution < 1.29 is 14.7 Å². The van der Waals surface area contributed by atoms with E-state index < -0.39 is 0 Å². The number of rotatable bonds is 6. The molecule has 7 N–H and O–H groups in total. The van der Waals surface area contributed by atoms with Crippen molar-refractivity contribution in [1.29, 1.82) is 0 Å². The molecule has 2 amide bonds. The van der Waals surface area contributed by atoms with E-state index in [0.717, 1.165) is 11.1 Å². The van der Waals surface area contributed by atoms with Crippen molar-refractivity contribution in [3.8, 4) is 5.75 Å². The van der Waals surface area contributed by atoms with Crippen LogP contribution in [0.1, 0.15) is 45.7 Å². The second kappa shape index (κ2) is 9.84. The number of aromatic hydroxyl groups is 1. The summed E-state index contributed by atoms with van der Waals surface area (Å²) in [6.45, 7) is 4.16. The first-order chi connectivity index (χ1) is 17.1. The molecule has 0 fully saturated rings. The van der Waals surface area contributed by atoms with E-state index in [2.05, 4.69) is 24.5 Å². The second-order valence-electron chi connectivity index (χ2n) is 9.09. The molecule has 4 rings (SSSR count). The van der Waals surface area contributed by atoms with Gasteiger partial charge in [-0.3, -0.25) is 9.59 Å². The average Bonchev–Trinajstić information content (AvgIpc) is 2.87. The molecular weight excluding hydrogens is 452 g/mol. The predicted molar refractivity (Wildman–Crippen MR) is 144 cm³/mol. The third-order valence-electron chi connectivity index (χ3n) is 6.17. The molecule has 4 aromatic carbocycles. The van der Waals surface area contributed by atoms with Crippen molar-refractivity contribution >= 4 is 34.6 Å². The van der Waals surface area contributed by atoms with E-state index in [-0.39, 0.29) is 28.7 Å². The quantitative estimate of drug-likeness (QED) is 0.144. The molecule has 0 aliphatic rings. The molecule has 0 aliphatic heterocycles. The van der Waals surface area contributed by atoms with Gasteiger partial charge in [0, 0.05) is 33.6 Å². The van der Waals surface area contributed by atoms with E-state index in [0.29, 0.717) is 28.2 Å². The van der Waals surface area contributed by atoms with Crippen LogP contribution in [0.4, 0.5) is 22.7 Å². The van der Waals surface area contributed by atoms with Gasteiger partial charge < -0.3 is 27.2 Å². The van der Waals surface area contributed by atoms with Crippen molar-refractivity contribution in [3.63, 3.8) is 0 Å². The molecule has 0 unspecified atom stereocenters. The van der Waals surface area contributed by atoms with Gasteiger partial charge in [-0.05, 0) is 77.9 Å². The first-order valence-electron chi connectivity index (χ1n) is 11.4. The summed E-state index contributed by atoms with van der Waals surface area (Å²) in [5.74, 6) is -0.608. The van der Waals surface area contributed by atoms with Crippen LogP contribution < -0.4 is 22.1 Å². The Labute approximate surface area is 209 Å². The highest BCUT2D eigenvalue weighted by atomic mass is 16.3. The zero-order valence-corrected chi connectivity index (χ0v) is 20.1.